The van der Waals surface area contributed by atoms with E-state index in [-0.39, 0.29) is 0 Å². The molecule has 0 heterocycles. The predicted octanol–water partition coefficient (Wildman–Crippen LogP) is 2.00. The van der Waals surface area contributed by atoms with Gasteiger partial charge in [0.15, 0.2) is 0 Å². The summed E-state index contributed by atoms with van der Waals surface area (Å²) in [6.07, 6.45) is 5.89. The Kier molecular flexibility index (Phi) is 4.55. The molecule has 0 saturated carbocycles. The van der Waals surface area contributed by atoms with Crippen LogP contribution in [0.4, 0.5) is 0 Å². The number of likely N-dealkylation sites (N-methyl/N-ethyl adjacent to an activating group) is 2. The van der Waals surface area contributed by atoms with Crippen molar-refractivity contribution in [3.63, 3.8) is 0 Å². The minimum absolute atomic E-state index is 0.669. The minimum Gasteiger partial charge on any atom is -0.305 e. The Morgan fingerprint density at radius 1 is 1.07 bits per heavy atom. The molecule has 0 spiro atoms. The lowest BCUT2D eigenvalue weighted by Gasteiger charge is -2.20. The van der Waals surface area contributed by atoms with Gasteiger partial charge in [-0.15, -0.1) is 0 Å². The molecule has 0 aromatic rings. The molecule has 0 amide bonds. The van der Waals surface area contributed by atoms with E-state index < -0.39 is 0 Å². The highest BCUT2D eigenvalue weighted by Gasteiger charge is 2.19. The molecule has 15 heavy (non-hydrogen) atoms. The summed E-state index contributed by atoms with van der Waals surface area (Å²) in [5.41, 5.74) is 3.12. The van der Waals surface area contributed by atoms with Gasteiger partial charge < -0.3 is 9.80 Å². The van der Waals surface area contributed by atoms with Gasteiger partial charge in [0, 0.05) is 13.1 Å². The van der Waals surface area contributed by atoms with Crippen LogP contribution in [0.2, 0.25) is 0 Å². The third-order valence-corrected chi connectivity index (χ3v) is 2.80. The zero-order valence-electron chi connectivity index (χ0n) is 10.7. The molecule has 0 radical (unpaired) electrons. The van der Waals surface area contributed by atoms with Crippen LogP contribution in [0.15, 0.2) is 23.3 Å². The van der Waals surface area contributed by atoms with Crippen LogP contribution >= 0.6 is 0 Å². The number of rotatable bonds is 5. The van der Waals surface area contributed by atoms with Crippen molar-refractivity contribution in [1.82, 2.24) is 9.80 Å². The Bertz CT molecular complexity index is 262. The van der Waals surface area contributed by atoms with Gasteiger partial charge in [-0.3, -0.25) is 0 Å². The number of hydrogen-bond acceptors (Lipinski definition) is 2. The van der Waals surface area contributed by atoms with E-state index in [9.17, 15) is 0 Å². The largest absolute Gasteiger partial charge is 0.305 e. The minimum atomic E-state index is 0.669. The van der Waals surface area contributed by atoms with Crippen LogP contribution in [0.1, 0.15) is 13.3 Å². The quantitative estimate of drug-likeness (QED) is 0.682. The molecule has 0 fully saturated rings. The molecule has 0 aliphatic heterocycles. The molecule has 1 atom stereocenters. The molecule has 2 heteroatoms. The van der Waals surface area contributed by atoms with Gasteiger partial charge in [0.05, 0.1) is 0 Å². The lowest BCUT2D eigenvalue weighted by molar-refractivity contribution is 0.417. The smallest absolute Gasteiger partial charge is 0.0227 e. The van der Waals surface area contributed by atoms with E-state index in [1.807, 2.05) is 0 Å². The SMILES string of the molecule is CCC1C=CC(CN(C)C)=C1CN(C)C. The van der Waals surface area contributed by atoms with E-state index >= 15 is 0 Å². The second-order valence-corrected chi connectivity index (χ2v) is 4.90. The Morgan fingerprint density at radius 2 is 1.67 bits per heavy atom. The summed E-state index contributed by atoms with van der Waals surface area (Å²) in [5, 5.41) is 0. The molecular formula is C13H24N2. The van der Waals surface area contributed by atoms with Gasteiger partial charge in [0.2, 0.25) is 0 Å². The van der Waals surface area contributed by atoms with E-state index in [0.717, 1.165) is 13.1 Å². The lowest BCUT2D eigenvalue weighted by atomic mass is 9.97. The van der Waals surface area contributed by atoms with Crippen molar-refractivity contribution in [1.29, 1.82) is 0 Å². The van der Waals surface area contributed by atoms with Gasteiger partial charge in [0.25, 0.3) is 0 Å². The molecule has 0 saturated heterocycles. The number of allylic oxidation sites excluding steroid dienone is 1. The average Bonchev–Trinajstić information content (AvgIpc) is 2.47. The first-order valence-electron chi connectivity index (χ1n) is 5.74. The van der Waals surface area contributed by atoms with Crippen molar-refractivity contribution >= 4 is 0 Å². The topological polar surface area (TPSA) is 6.48 Å². The fraction of sp³-hybridized carbons (Fsp3) is 0.692. The van der Waals surface area contributed by atoms with Crippen molar-refractivity contribution in [2.75, 3.05) is 41.3 Å². The first-order valence-corrected chi connectivity index (χ1v) is 5.74. The Morgan fingerprint density at radius 3 is 2.13 bits per heavy atom. The molecule has 0 bridgehead atoms. The van der Waals surface area contributed by atoms with E-state index in [0.29, 0.717) is 5.92 Å². The van der Waals surface area contributed by atoms with Gasteiger partial charge >= 0.3 is 0 Å². The Balaban J connectivity index is 2.78. The first kappa shape index (κ1) is 12.5. The molecule has 2 nitrogen and oxygen atoms in total. The molecule has 0 N–H and O–H groups in total. The van der Waals surface area contributed by atoms with Crippen LogP contribution in [-0.4, -0.2) is 51.1 Å². The van der Waals surface area contributed by atoms with Crippen molar-refractivity contribution in [3.8, 4) is 0 Å². The molecule has 86 valence electrons. The first-order chi connectivity index (χ1) is 7.04. The summed E-state index contributed by atoms with van der Waals surface area (Å²) in [6, 6.07) is 0. The van der Waals surface area contributed by atoms with Crippen LogP contribution in [-0.2, 0) is 0 Å². The second kappa shape index (κ2) is 5.47. The average molecular weight is 208 g/mol. The highest BCUT2D eigenvalue weighted by atomic mass is 15.1. The van der Waals surface area contributed by atoms with Crippen LogP contribution in [0.3, 0.4) is 0 Å². The van der Waals surface area contributed by atoms with Crippen molar-refractivity contribution in [3.05, 3.63) is 23.3 Å². The summed E-state index contributed by atoms with van der Waals surface area (Å²) >= 11 is 0. The summed E-state index contributed by atoms with van der Waals surface area (Å²) < 4.78 is 0. The molecule has 0 aromatic heterocycles. The van der Waals surface area contributed by atoms with Crippen molar-refractivity contribution in [2.24, 2.45) is 5.92 Å². The molecular weight excluding hydrogens is 184 g/mol. The third-order valence-electron chi connectivity index (χ3n) is 2.80. The third kappa shape index (κ3) is 3.47. The Hall–Kier alpha value is -0.600. The van der Waals surface area contributed by atoms with E-state index in [1.54, 1.807) is 5.57 Å². The number of nitrogens with zero attached hydrogens (tertiary/aromatic N) is 2. The van der Waals surface area contributed by atoms with E-state index in [1.165, 1.54) is 12.0 Å². The molecule has 0 aromatic carbocycles. The van der Waals surface area contributed by atoms with Crippen LogP contribution in [0, 0.1) is 5.92 Å². The van der Waals surface area contributed by atoms with Gasteiger partial charge in [0.1, 0.15) is 0 Å². The van der Waals surface area contributed by atoms with Gasteiger partial charge in [-0.1, -0.05) is 19.1 Å². The highest BCUT2D eigenvalue weighted by molar-refractivity contribution is 5.38. The molecule has 1 aliphatic rings. The van der Waals surface area contributed by atoms with E-state index in [2.05, 4.69) is 57.1 Å². The second-order valence-electron chi connectivity index (χ2n) is 4.90. The van der Waals surface area contributed by atoms with Crippen LogP contribution in [0.25, 0.3) is 0 Å². The maximum absolute atomic E-state index is 2.36. The highest BCUT2D eigenvalue weighted by Crippen LogP contribution is 2.28. The summed E-state index contributed by atoms with van der Waals surface area (Å²) in [5.74, 6) is 0.669. The monoisotopic (exact) mass is 208 g/mol. The predicted molar refractivity (Wildman–Crippen MR) is 67.1 cm³/mol. The standard InChI is InChI=1S/C13H24N2/c1-6-11-7-8-12(9-14(2)3)13(11)10-15(4)5/h7-8,11H,6,9-10H2,1-5H3. The van der Waals surface area contributed by atoms with Gasteiger partial charge in [-0.05, 0) is 51.7 Å². The van der Waals surface area contributed by atoms with Gasteiger partial charge in [-0.2, -0.15) is 0 Å². The zero-order chi connectivity index (χ0) is 11.4. The fourth-order valence-corrected chi connectivity index (χ4v) is 2.13. The van der Waals surface area contributed by atoms with E-state index in [4.69, 9.17) is 0 Å². The Labute approximate surface area is 94.3 Å². The molecule has 1 rings (SSSR count). The molecule has 1 aliphatic carbocycles. The number of hydrogen-bond donors (Lipinski definition) is 0. The van der Waals surface area contributed by atoms with Crippen LogP contribution < -0.4 is 0 Å². The summed E-state index contributed by atoms with van der Waals surface area (Å²) in [7, 11) is 8.55. The summed E-state index contributed by atoms with van der Waals surface area (Å²) in [6.45, 7) is 4.42. The van der Waals surface area contributed by atoms with Crippen LogP contribution in [0.5, 0.6) is 0 Å². The molecule has 1 unspecified atom stereocenters. The summed E-state index contributed by atoms with van der Waals surface area (Å²) in [4.78, 5) is 4.51. The maximum atomic E-state index is 2.36. The fourth-order valence-electron chi connectivity index (χ4n) is 2.13. The van der Waals surface area contributed by atoms with Crippen molar-refractivity contribution in [2.45, 2.75) is 13.3 Å². The van der Waals surface area contributed by atoms with Crippen molar-refractivity contribution < 1.29 is 0 Å². The lowest BCUT2D eigenvalue weighted by Crippen LogP contribution is -2.21. The zero-order valence-corrected chi connectivity index (χ0v) is 10.7. The maximum Gasteiger partial charge on any atom is 0.0227 e. The normalized spacial score (nSPS) is 21.1. The van der Waals surface area contributed by atoms with Gasteiger partial charge in [-0.25, -0.2) is 0 Å².